The Balaban J connectivity index is 0.00000162. The number of benzene rings is 1. The van der Waals surface area contributed by atoms with E-state index in [0.29, 0.717) is 17.0 Å². The lowest BCUT2D eigenvalue weighted by Crippen LogP contribution is -3.00. The number of nitriles is 1. The summed E-state index contributed by atoms with van der Waals surface area (Å²) in [6.45, 7) is 1.56. The number of rotatable bonds is 3. The number of oxazole rings is 1. The van der Waals surface area contributed by atoms with Crippen molar-refractivity contribution in [2.45, 2.75) is 19.4 Å². The summed E-state index contributed by atoms with van der Waals surface area (Å²) >= 11 is 0. The van der Waals surface area contributed by atoms with Gasteiger partial charge in [-0.1, -0.05) is 12.1 Å². The molecule has 18 heavy (non-hydrogen) atoms. The second-order valence-corrected chi connectivity index (χ2v) is 3.68. The largest absolute Gasteiger partial charge is 1.00 e. The van der Waals surface area contributed by atoms with Crippen molar-refractivity contribution in [2.24, 2.45) is 0 Å². The fraction of sp³-hybridized carbons (Fsp3) is 0.250. The van der Waals surface area contributed by atoms with Crippen LogP contribution in [0.2, 0.25) is 0 Å². The second-order valence-electron chi connectivity index (χ2n) is 3.68. The standard InChI is InChI=1S/C12H10N2O3.HI/c1-8(12(15)16)14-9-4-2-3-5-10(9)17-11(14)6-7-13;/h2-5,8H,6H2,1H3;1H. The molecule has 1 unspecified atom stereocenters. The van der Waals surface area contributed by atoms with Crippen molar-refractivity contribution in [2.75, 3.05) is 0 Å². The molecular formula is C12H11IN2O3. The molecule has 0 saturated carbocycles. The van der Waals surface area contributed by atoms with Gasteiger partial charge in [0.15, 0.2) is 6.42 Å². The summed E-state index contributed by atoms with van der Waals surface area (Å²) in [5.41, 5.74) is 1.28. The SMILES string of the molecule is CC(C(=O)O)[n+]1c(CC#N)oc2ccccc21.[I-]. The second kappa shape index (κ2) is 5.82. The van der Waals surface area contributed by atoms with Gasteiger partial charge in [0.05, 0.1) is 6.07 Å². The van der Waals surface area contributed by atoms with Gasteiger partial charge < -0.3 is 33.5 Å². The maximum absolute atomic E-state index is 11.1. The predicted molar refractivity (Wildman–Crippen MR) is 58.1 cm³/mol. The Hall–Kier alpha value is -1.62. The van der Waals surface area contributed by atoms with Gasteiger partial charge in [-0.05, 0) is 6.07 Å². The lowest BCUT2D eigenvalue weighted by molar-refractivity contribution is -0.694. The van der Waals surface area contributed by atoms with Crippen LogP contribution in [0, 0.1) is 11.3 Å². The maximum Gasteiger partial charge on any atom is 0.373 e. The van der Waals surface area contributed by atoms with E-state index in [9.17, 15) is 4.79 Å². The van der Waals surface area contributed by atoms with Crippen LogP contribution < -0.4 is 28.5 Å². The Morgan fingerprint density at radius 2 is 2.22 bits per heavy atom. The number of para-hydroxylation sites is 2. The first kappa shape index (κ1) is 14.4. The monoisotopic (exact) mass is 358 g/mol. The molecule has 1 N–H and O–H groups in total. The minimum absolute atomic E-state index is 0. The van der Waals surface area contributed by atoms with Crippen LogP contribution >= 0.6 is 0 Å². The third kappa shape index (κ3) is 2.46. The first-order chi connectivity index (χ1) is 8.15. The van der Waals surface area contributed by atoms with E-state index < -0.39 is 12.0 Å². The van der Waals surface area contributed by atoms with E-state index in [1.54, 1.807) is 35.8 Å². The number of hydrogen-bond donors (Lipinski definition) is 1. The number of halogens is 1. The van der Waals surface area contributed by atoms with Crippen LogP contribution in [0.15, 0.2) is 28.7 Å². The zero-order chi connectivity index (χ0) is 12.4. The molecule has 1 heterocycles. The highest BCUT2D eigenvalue weighted by Crippen LogP contribution is 2.16. The third-order valence-electron chi connectivity index (χ3n) is 2.60. The number of carboxylic acid groups (broad SMARTS) is 1. The summed E-state index contributed by atoms with van der Waals surface area (Å²) in [4.78, 5) is 11.1. The highest BCUT2D eigenvalue weighted by atomic mass is 127. The molecule has 0 saturated heterocycles. The van der Waals surface area contributed by atoms with Gasteiger partial charge >= 0.3 is 11.9 Å². The molecule has 5 nitrogen and oxygen atoms in total. The highest BCUT2D eigenvalue weighted by molar-refractivity contribution is 5.72. The minimum Gasteiger partial charge on any atom is -1.00 e. The van der Waals surface area contributed by atoms with Crippen LogP contribution in [0.4, 0.5) is 0 Å². The van der Waals surface area contributed by atoms with Crippen molar-refractivity contribution in [1.29, 1.82) is 5.26 Å². The quantitative estimate of drug-likeness (QED) is 0.532. The number of aliphatic carboxylic acids is 1. The maximum atomic E-state index is 11.1. The molecule has 0 radical (unpaired) electrons. The van der Waals surface area contributed by atoms with Gasteiger partial charge in [0.25, 0.3) is 11.6 Å². The summed E-state index contributed by atoms with van der Waals surface area (Å²) in [6.07, 6.45) is 0.0479. The van der Waals surface area contributed by atoms with Gasteiger partial charge in [-0.25, -0.2) is 4.79 Å². The van der Waals surface area contributed by atoms with Crippen molar-refractivity contribution < 1.29 is 42.9 Å². The van der Waals surface area contributed by atoms with Gasteiger partial charge in [0.2, 0.25) is 5.58 Å². The topological polar surface area (TPSA) is 78.1 Å². The van der Waals surface area contributed by atoms with Crippen LogP contribution in [0.3, 0.4) is 0 Å². The van der Waals surface area contributed by atoms with E-state index >= 15 is 0 Å². The average Bonchev–Trinajstić information content (AvgIpc) is 2.66. The van der Waals surface area contributed by atoms with E-state index in [2.05, 4.69) is 0 Å². The number of hydrogen-bond acceptors (Lipinski definition) is 3. The minimum atomic E-state index is -0.958. The Morgan fingerprint density at radius 1 is 1.56 bits per heavy atom. The van der Waals surface area contributed by atoms with Gasteiger partial charge in [-0.3, -0.25) is 0 Å². The number of carboxylic acids is 1. The number of nitrogens with zero attached hydrogens (tertiary/aromatic N) is 2. The molecule has 0 bridgehead atoms. The molecular weight excluding hydrogens is 347 g/mol. The van der Waals surface area contributed by atoms with Gasteiger partial charge in [-0.2, -0.15) is 5.26 Å². The number of aromatic nitrogens is 1. The van der Waals surface area contributed by atoms with Crippen molar-refractivity contribution in [1.82, 2.24) is 0 Å². The molecule has 6 heteroatoms. The van der Waals surface area contributed by atoms with Crippen LogP contribution in [-0.4, -0.2) is 11.1 Å². The molecule has 1 aromatic carbocycles. The molecule has 1 aromatic heterocycles. The molecule has 0 aliphatic carbocycles. The van der Waals surface area contributed by atoms with E-state index in [1.165, 1.54) is 0 Å². The lowest BCUT2D eigenvalue weighted by atomic mass is 10.2. The molecule has 0 amide bonds. The van der Waals surface area contributed by atoms with Gasteiger partial charge in [-0.15, -0.1) is 4.57 Å². The number of fused-ring (bicyclic) bond motifs is 1. The normalized spacial score (nSPS) is 11.6. The van der Waals surface area contributed by atoms with Crippen LogP contribution in [0.1, 0.15) is 18.9 Å². The highest BCUT2D eigenvalue weighted by Gasteiger charge is 2.31. The Kier molecular flexibility index (Phi) is 4.67. The lowest BCUT2D eigenvalue weighted by Gasteiger charge is -1.99. The Morgan fingerprint density at radius 3 is 2.83 bits per heavy atom. The van der Waals surface area contributed by atoms with Crippen molar-refractivity contribution in [3.63, 3.8) is 0 Å². The van der Waals surface area contributed by atoms with E-state index in [-0.39, 0.29) is 30.4 Å². The molecule has 2 rings (SSSR count). The van der Waals surface area contributed by atoms with E-state index in [0.717, 1.165) is 0 Å². The first-order valence-corrected chi connectivity index (χ1v) is 5.17. The summed E-state index contributed by atoms with van der Waals surface area (Å²) in [6, 6.07) is 8.35. The molecule has 0 spiro atoms. The molecule has 1 atom stereocenters. The average molecular weight is 358 g/mol. The zero-order valence-electron chi connectivity index (χ0n) is 9.63. The summed E-state index contributed by atoms with van der Waals surface area (Å²) in [5.74, 6) is -0.593. The van der Waals surface area contributed by atoms with Gasteiger partial charge in [0, 0.05) is 13.0 Å². The molecule has 94 valence electrons. The summed E-state index contributed by atoms with van der Waals surface area (Å²) < 4.78 is 7.03. The smallest absolute Gasteiger partial charge is 0.373 e. The van der Waals surface area contributed by atoms with Crippen LogP contribution in [0.5, 0.6) is 0 Å². The van der Waals surface area contributed by atoms with Gasteiger partial charge in [0.1, 0.15) is 0 Å². The zero-order valence-corrected chi connectivity index (χ0v) is 11.8. The summed E-state index contributed by atoms with van der Waals surface area (Å²) in [5, 5.41) is 17.8. The van der Waals surface area contributed by atoms with Crippen LogP contribution in [-0.2, 0) is 11.2 Å². The molecule has 0 aliphatic rings. The van der Waals surface area contributed by atoms with Crippen LogP contribution in [0.25, 0.3) is 11.1 Å². The van der Waals surface area contributed by atoms with E-state index in [4.69, 9.17) is 14.8 Å². The van der Waals surface area contributed by atoms with Crippen molar-refractivity contribution >= 4 is 17.1 Å². The first-order valence-electron chi connectivity index (χ1n) is 5.17. The molecule has 0 aliphatic heterocycles. The number of carbonyl (C=O) groups is 1. The fourth-order valence-electron chi connectivity index (χ4n) is 1.78. The molecule has 2 aromatic rings. The summed E-state index contributed by atoms with van der Waals surface area (Å²) in [7, 11) is 0. The van der Waals surface area contributed by atoms with Crippen molar-refractivity contribution in [3.05, 3.63) is 30.2 Å². The predicted octanol–water partition coefficient (Wildman–Crippen LogP) is -1.56. The van der Waals surface area contributed by atoms with E-state index in [1.807, 2.05) is 6.07 Å². The fourth-order valence-corrected chi connectivity index (χ4v) is 1.78. The Labute approximate surface area is 121 Å². The molecule has 0 fully saturated rings. The third-order valence-corrected chi connectivity index (χ3v) is 2.60. The Bertz CT molecular complexity index is 615. The van der Waals surface area contributed by atoms with Crippen molar-refractivity contribution in [3.8, 4) is 6.07 Å².